The molecule has 0 spiro atoms. The van der Waals surface area contributed by atoms with E-state index in [9.17, 15) is 10.1 Å². The lowest BCUT2D eigenvalue weighted by Crippen LogP contribution is -2.41. The molecule has 0 radical (unpaired) electrons. The average Bonchev–Trinajstić information content (AvgIpc) is 2.95. The van der Waals surface area contributed by atoms with Crippen LogP contribution in [0.5, 0.6) is 0 Å². The van der Waals surface area contributed by atoms with Crippen molar-refractivity contribution in [3.8, 4) is 0 Å². The second kappa shape index (κ2) is 9.27. The number of rotatable bonds is 9. The van der Waals surface area contributed by atoms with Crippen LogP contribution in [0, 0.1) is 16.0 Å². The number of hydrogen-bond acceptors (Lipinski definition) is 6. The van der Waals surface area contributed by atoms with Crippen molar-refractivity contribution >= 4 is 11.8 Å². The molecule has 2 atom stereocenters. The van der Waals surface area contributed by atoms with E-state index in [2.05, 4.69) is 18.7 Å². The fourth-order valence-electron chi connectivity index (χ4n) is 2.52. The van der Waals surface area contributed by atoms with Gasteiger partial charge in [-0.3, -0.25) is 10.1 Å². The standard InChI is InChI=1S/C14H27N3O3S/c1-5-16(9-13-6-7-20-11-13)8-12(2)15(3)14(21-4)10-17(18)19/h10,12-13H,5-9,11H2,1-4H3. The molecule has 7 heteroatoms. The van der Waals surface area contributed by atoms with Gasteiger partial charge >= 0.3 is 0 Å². The third kappa shape index (κ3) is 6.23. The van der Waals surface area contributed by atoms with Crippen molar-refractivity contribution in [1.29, 1.82) is 0 Å². The third-order valence-corrected chi connectivity index (χ3v) is 4.76. The highest BCUT2D eigenvalue weighted by molar-refractivity contribution is 8.02. The van der Waals surface area contributed by atoms with E-state index in [-0.39, 0.29) is 11.0 Å². The summed E-state index contributed by atoms with van der Waals surface area (Å²) in [6, 6.07) is 0.228. The maximum Gasteiger partial charge on any atom is 0.264 e. The second-order valence-electron chi connectivity index (χ2n) is 5.50. The van der Waals surface area contributed by atoms with Gasteiger partial charge in [0.1, 0.15) is 5.03 Å². The van der Waals surface area contributed by atoms with Crippen LogP contribution in [0.2, 0.25) is 0 Å². The molecule has 1 aliphatic heterocycles. The van der Waals surface area contributed by atoms with Gasteiger partial charge in [-0.2, -0.15) is 0 Å². The minimum Gasteiger partial charge on any atom is -0.381 e. The molecule has 2 unspecified atom stereocenters. The SMILES string of the molecule is CCN(CC1CCOC1)CC(C)N(C)C(=C[N+](=O)[O-])SC. The molecule has 0 aromatic rings. The molecule has 0 bridgehead atoms. The van der Waals surface area contributed by atoms with Crippen LogP contribution in [0.4, 0.5) is 0 Å². The van der Waals surface area contributed by atoms with Crippen LogP contribution in [0.1, 0.15) is 20.3 Å². The Morgan fingerprint density at radius 2 is 2.33 bits per heavy atom. The fourth-order valence-corrected chi connectivity index (χ4v) is 3.18. The smallest absolute Gasteiger partial charge is 0.264 e. The Morgan fingerprint density at radius 1 is 1.62 bits per heavy atom. The number of hydrogen-bond donors (Lipinski definition) is 0. The Labute approximate surface area is 131 Å². The van der Waals surface area contributed by atoms with Gasteiger partial charge in [0.2, 0.25) is 0 Å². The highest BCUT2D eigenvalue weighted by Crippen LogP contribution is 2.20. The normalized spacial score (nSPS) is 20.8. The van der Waals surface area contributed by atoms with Crippen molar-refractivity contribution in [3.05, 3.63) is 21.3 Å². The number of nitro groups is 1. The lowest BCUT2D eigenvalue weighted by molar-refractivity contribution is -0.403. The van der Waals surface area contributed by atoms with E-state index in [1.165, 1.54) is 11.8 Å². The number of nitrogens with zero attached hydrogens (tertiary/aromatic N) is 3. The molecule has 1 rings (SSSR count). The van der Waals surface area contributed by atoms with Gasteiger partial charge in [-0.05, 0) is 32.1 Å². The molecule has 6 nitrogen and oxygen atoms in total. The third-order valence-electron chi connectivity index (χ3n) is 3.94. The van der Waals surface area contributed by atoms with Crippen LogP contribution in [0.15, 0.2) is 11.2 Å². The van der Waals surface area contributed by atoms with Gasteiger partial charge in [0, 0.05) is 32.8 Å². The van der Waals surface area contributed by atoms with Crippen LogP contribution < -0.4 is 0 Å². The first-order valence-electron chi connectivity index (χ1n) is 7.40. The summed E-state index contributed by atoms with van der Waals surface area (Å²) >= 11 is 1.41. The van der Waals surface area contributed by atoms with Crippen LogP contribution >= 0.6 is 11.8 Å². The van der Waals surface area contributed by atoms with Gasteiger partial charge in [0.25, 0.3) is 6.20 Å². The summed E-state index contributed by atoms with van der Waals surface area (Å²) in [6.07, 6.45) is 4.09. The zero-order valence-corrected chi connectivity index (χ0v) is 14.3. The molecule has 1 fully saturated rings. The molecule has 0 aliphatic carbocycles. The van der Waals surface area contributed by atoms with Crippen molar-refractivity contribution in [2.24, 2.45) is 5.92 Å². The summed E-state index contributed by atoms with van der Waals surface area (Å²) in [5.74, 6) is 0.622. The van der Waals surface area contributed by atoms with Crippen molar-refractivity contribution in [2.75, 3.05) is 46.2 Å². The molecule has 0 N–H and O–H groups in total. The van der Waals surface area contributed by atoms with Crippen molar-refractivity contribution in [1.82, 2.24) is 9.80 Å². The van der Waals surface area contributed by atoms with Crippen molar-refractivity contribution in [2.45, 2.75) is 26.3 Å². The van der Waals surface area contributed by atoms with Crippen molar-refractivity contribution < 1.29 is 9.66 Å². The van der Waals surface area contributed by atoms with Gasteiger partial charge in [-0.15, -0.1) is 11.8 Å². The van der Waals surface area contributed by atoms with E-state index < -0.39 is 0 Å². The van der Waals surface area contributed by atoms with Gasteiger partial charge in [0.05, 0.1) is 11.5 Å². The van der Waals surface area contributed by atoms with E-state index in [1.807, 2.05) is 18.2 Å². The Balaban J connectivity index is 2.55. The molecule has 1 aliphatic rings. The van der Waals surface area contributed by atoms with Crippen molar-refractivity contribution in [3.63, 3.8) is 0 Å². The molecule has 0 amide bonds. The summed E-state index contributed by atoms with van der Waals surface area (Å²) in [7, 11) is 1.92. The minimum atomic E-state index is -0.386. The molecule has 0 aromatic carbocycles. The first kappa shape index (κ1) is 18.3. The molecule has 1 heterocycles. The first-order chi connectivity index (χ1) is 9.97. The Morgan fingerprint density at radius 3 is 2.81 bits per heavy atom. The average molecular weight is 317 g/mol. The van der Waals surface area contributed by atoms with Crippen LogP contribution in [-0.4, -0.2) is 66.9 Å². The molecule has 0 saturated carbocycles. The Kier molecular flexibility index (Phi) is 8.06. The Hall–Kier alpha value is -0.790. The zero-order chi connectivity index (χ0) is 15.8. The minimum absolute atomic E-state index is 0.228. The molecular weight excluding hydrogens is 290 g/mol. The summed E-state index contributed by atoms with van der Waals surface area (Å²) in [4.78, 5) is 14.7. The maximum atomic E-state index is 10.7. The van der Waals surface area contributed by atoms with Crippen LogP contribution in [0.3, 0.4) is 0 Å². The van der Waals surface area contributed by atoms with Gasteiger partial charge in [0.15, 0.2) is 0 Å². The summed E-state index contributed by atoms with van der Waals surface area (Å²) in [5, 5.41) is 11.4. The lowest BCUT2D eigenvalue weighted by atomic mass is 10.1. The largest absolute Gasteiger partial charge is 0.381 e. The molecule has 21 heavy (non-hydrogen) atoms. The van der Waals surface area contributed by atoms with Gasteiger partial charge in [-0.1, -0.05) is 6.92 Å². The molecular formula is C14H27N3O3S. The monoisotopic (exact) mass is 317 g/mol. The quantitative estimate of drug-likeness (QED) is 0.479. The highest BCUT2D eigenvalue weighted by Gasteiger charge is 2.22. The predicted molar refractivity (Wildman–Crippen MR) is 86.9 cm³/mol. The van der Waals surface area contributed by atoms with Crippen LogP contribution in [-0.2, 0) is 4.74 Å². The van der Waals surface area contributed by atoms with Gasteiger partial charge in [-0.25, -0.2) is 0 Å². The van der Waals surface area contributed by atoms with E-state index >= 15 is 0 Å². The molecule has 122 valence electrons. The maximum absolute atomic E-state index is 10.7. The van der Waals surface area contributed by atoms with Gasteiger partial charge < -0.3 is 14.5 Å². The van der Waals surface area contributed by atoms with E-state index in [4.69, 9.17) is 4.74 Å². The summed E-state index contributed by atoms with van der Waals surface area (Å²) in [6.45, 7) is 8.93. The summed E-state index contributed by atoms with van der Waals surface area (Å²) < 4.78 is 5.43. The number of ether oxygens (including phenoxy) is 1. The zero-order valence-electron chi connectivity index (χ0n) is 13.4. The molecule has 1 saturated heterocycles. The fraction of sp³-hybridized carbons (Fsp3) is 0.857. The van der Waals surface area contributed by atoms with E-state index in [0.717, 1.165) is 45.5 Å². The summed E-state index contributed by atoms with van der Waals surface area (Å²) in [5.41, 5.74) is 0. The molecule has 0 aromatic heterocycles. The van der Waals surface area contributed by atoms with E-state index in [1.54, 1.807) is 0 Å². The topological polar surface area (TPSA) is 58.8 Å². The lowest BCUT2D eigenvalue weighted by Gasteiger charge is -2.32. The number of likely N-dealkylation sites (N-methyl/N-ethyl adjacent to an activating group) is 2. The Bertz CT molecular complexity index is 359. The van der Waals surface area contributed by atoms with Crippen LogP contribution in [0.25, 0.3) is 0 Å². The predicted octanol–water partition coefficient (Wildman–Crippen LogP) is 2.10. The first-order valence-corrected chi connectivity index (χ1v) is 8.62. The van der Waals surface area contributed by atoms with E-state index in [0.29, 0.717) is 10.9 Å². The highest BCUT2D eigenvalue weighted by atomic mass is 32.2. The second-order valence-corrected chi connectivity index (χ2v) is 6.33. The number of thioether (sulfide) groups is 1.